The van der Waals surface area contributed by atoms with Crippen LogP contribution in [0.4, 0.5) is 10.5 Å². The molecule has 1 saturated heterocycles. The van der Waals surface area contributed by atoms with Crippen molar-refractivity contribution in [2.24, 2.45) is 0 Å². The first-order valence-corrected chi connectivity index (χ1v) is 12.2. The van der Waals surface area contributed by atoms with E-state index in [1.807, 2.05) is 6.08 Å². The number of carbonyl (C=O) groups is 2. The highest BCUT2D eigenvalue weighted by atomic mass is 32.2. The van der Waals surface area contributed by atoms with Gasteiger partial charge in [0.05, 0.1) is 4.91 Å². The van der Waals surface area contributed by atoms with Crippen LogP contribution in [0.1, 0.15) is 28.7 Å². The topological polar surface area (TPSA) is 49.4 Å². The standard InChI is InChI=1S/C28H26N2O2S/c31-27-26(33-28(32)29-27)19-22-11-14-25-23(17-22)12-13-24(18-21-9-5-2-6-10-21)30(25)16-15-20-7-3-1-4-8-20/h1-11,14,17,19,24H,12-13,15-16,18H2,(H,29,31,32)/b26-19-. The molecule has 1 atom stereocenters. The molecule has 1 fully saturated rings. The zero-order chi connectivity index (χ0) is 22.6. The summed E-state index contributed by atoms with van der Waals surface area (Å²) in [4.78, 5) is 26.4. The Balaban J connectivity index is 1.42. The molecular weight excluding hydrogens is 428 g/mol. The minimum Gasteiger partial charge on any atom is -0.368 e. The number of nitrogens with one attached hydrogen (secondary N) is 1. The number of anilines is 1. The second-order valence-corrected chi connectivity index (χ2v) is 9.57. The summed E-state index contributed by atoms with van der Waals surface area (Å²) >= 11 is 0.965. The number of nitrogens with zero attached hydrogens (tertiary/aromatic N) is 1. The van der Waals surface area contributed by atoms with E-state index in [1.54, 1.807) is 0 Å². The molecule has 0 aliphatic carbocycles. The maximum atomic E-state index is 11.9. The van der Waals surface area contributed by atoms with E-state index in [0.717, 1.165) is 49.6 Å². The summed E-state index contributed by atoms with van der Waals surface area (Å²) < 4.78 is 0. The number of amides is 2. The second-order valence-electron chi connectivity index (χ2n) is 8.55. The molecule has 2 aliphatic heterocycles. The number of imide groups is 1. The Morgan fingerprint density at radius 2 is 1.67 bits per heavy atom. The summed E-state index contributed by atoms with van der Waals surface area (Å²) in [6.07, 6.45) is 5.93. The molecule has 4 nitrogen and oxygen atoms in total. The first kappa shape index (κ1) is 21.5. The van der Waals surface area contributed by atoms with E-state index < -0.39 is 0 Å². The highest BCUT2D eigenvalue weighted by molar-refractivity contribution is 8.18. The zero-order valence-electron chi connectivity index (χ0n) is 18.4. The number of thioether (sulfide) groups is 1. The van der Waals surface area contributed by atoms with Crippen LogP contribution in [-0.2, 0) is 24.1 Å². The molecule has 33 heavy (non-hydrogen) atoms. The third kappa shape index (κ3) is 5.04. The van der Waals surface area contributed by atoms with E-state index in [9.17, 15) is 9.59 Å². The molecule has 0 radical (unpaired) electrons. The molecule has 0 aromatic heterocycles. The van der Waals surface area contributed by atoms with E-state index in [4.69, 9.17) is 0 Å². The number of rotatable bonds is 6. The first-order chi connectivity index (χ1) is 16.2. The minimum absolute atomic E-state index is 0.306. The van der Waals surface area contributed by atoms with Gasteiger partial charge in [0, 0.05) is 18.3 Å². The third-order valence-corrected chi connectivity index (χ3v) is 7.15. The van der Waals surface area contributed by atoms with Gasteiger partial charge >= 0.3 is 0 Å². The van der Waals surface area contributed by atoms with E-state index in [-0.39, 0.29) is 11.1 Å². The van der Waals surface area contributed by atoms with Crippen LogP contribution in [-0.4, -0.2) is 23.7 Å². The number of fused-ring (bicyclic) bond motifs is 1. The van der Waals surface area contributed by atoms with Gasteiger partial charge in [-0.3, -0.25) is 14.9 Å². The number of benzene rings is 3. The van der Waals surface area contributed by atoms with Crippen molar-refractivity contribution in [2.75, 3.05) is 11.4 Å². The summed E-state index contributed by atoms with van der Waals surface area (Å²) in [7, 11) is 0. The van der Waals surface area contributed by atoms with Crippen LogP contribution in [0.3, 0.4) is 0 Å². The van der Waals surface area contributed by atoms with Gasteiger partial charge in [0.15, 0.2) is 0 Å². The Morgan fingerprint density at radius 3 is 2.36 bits per heavy atom. The van der Waals surface area contributed by atoms with Gasteiger partial charge in [-0.15, -0.1) is 0 Å². The van der Waals surface area contributed by atoms with Crippen LogP contribution in [0.5, 0.6) is 0 Å². The number of aryl methyl sites for hydroxylation is 1. The SMILES string of the molecule is O=C1NC(=O)/C(=C/c2ccc3c(c2)CCC(Cc2ccccc2)N3CCc2ccccc2)S1. The highest BCUT2D eigenvalue weighted by Gasteiger charge is 2.28. The molecule has 5 heteroatoms. The fourth-order valence-electron chi connectivity index (χ4n) is 4.72. The largest absolute Gasteiger partial charge is 0.368 e. The van der Waals surface area contributed by atoms with E-state index in [2.05, 4.69) is 89.1 Å². The maximum Gasteiger partial charge on any atom is 0.290 e. The van der Waals surface area contributed by atoms with Gasteiger partial charge in [-0.2, -0.15) is 0 Å². The Labute approximate surface area is 198 Å². The highest BCUT2D eigenvalue weighted by Crippen LogP contribution is 2.34. The van der Waals surface area contributed by atoms with Crippen molar-refractivity contribution >= 4 is 34.7 Å². The smallest absolute Gasteiger partial charge is 0.290 e. The van der Waals surface area contributed by atoms with Crippen molar-refractivity contribution < 1.29 is 9.59 Å². The normalized spacial score (nSPS) is 19.0. The monoisotopic (exact) mass is 454 g/mol. The Kier molecular flexibility index (Phi) is 6.31. The lowest BCUT2D eigenvalue weighted by Gasteiger charge is -2.39. The number of carbonyl (C=O) groups excluding carboxylic acids is 2. The lowest BCUT2D eigenvalue weighted by atomic mass is 9.90. The Bertz CT molecular complexity index is 1190. The molecule has 5 rings (SSSR count). The van der Waals surface area contributed by atoms with Crippen LogP contribution >= 0.6 is 11.8 Å². The Morgan fingerprint density at radius 1 is 0.939 bits per heavy atom. The molecule has 0 saturated carbocycles. The lowest BCUT2D eigenvalue weighted by molar-refractivity contribution is -0.115. The van der Waals surface area contributed by atoms with Crippen LogP contribution in [0, 0.1) is 0 Å². The van der Waals surface area contributed by atoms with Crippen molar-refractivity contribution in [1.29, 1.82) is 0 Å². The zero-order valence-corrected chi connectivity index (χ0v) is 19.2. The van der Waals surface area contributed by atoms with Gasteiger partial charge in [-0.25, -0.2) is 0 Å². The molecular formula is C28H26N2O2S. The molecule has 0 spiro atoms. The average Bonchev–Trinajstić information content (AvgIpc) is 3.16. The van der Waals surface area contributed by atoms with Gasteiger partial charge in [-0.1, -0.05) is 66.7 Å². The molecule has 3 aromatic carbocycles. The molecule has 1 unspecified atom stereocenters. The minimum atomic E-state index is -0.310. The Hall–Kier alpha value is -3.31. The van der Waals surface area contributed by atoms with Gasteiger partial charge in [-0.05, 0) is 77.9 Å². The molecule has 0 bridgehead atoms. The van der Waals surface area contributed by atoms with Crippen molar-refractivity contribution in [3.8, 4) is 0 Å². The summed E-state index contributed by atoms with van der Waals surface area (Å²) in [5.41, 5.74) is 6.26. The van der Waals surface area contributed by atoms with Crippen molar-refractivity contribution in [2.45, 2.75) is 31.7 Å². The predicted octanol–water partition coefficient (Wildman–Crippen LogP) is 5.62. The second kappa shape index (κ2) is 9.67. The van der Waals surface area contributed by atoms with Crippen molar-refractivity contribution in [1.82, 2.24) is 5.32 Å². The first-order valence-electron chi connectivity index (χ1n) is 11.4. The van der Waals surface area contributed by atoms with E-state index in [1.165, 1.54) is 22.4 Å². The summed E-state index contributed by atoms with van der Waals surface area (Å²) in [5.74, 6) is -0.310. The van der Waals surface area contributed by atoms with Gasteiger partial charge in [0.25, 0.3) is 11.1 Å². The molecule has 2 heterocycles. The summed E-state index contributed by atoms with van der Waals surface area (Å²) in [6, 6.07) is 28.2. The summed E-state index contributed by atoms with van der Waals surface area (Å²) in [5, 5.41) is 2.02. The predicted molar refractivity (Wildman–Crippen MR) is 135 cm³/mol. The van der Waals surface area contributed by atoms with Crippen molar-refractivity contribution in [3.63, 3.8) is 0 Å². The number of hydrogen-bond donors (Lipinski definition) is 1. The fraction of sp³-hybridized carbons (Fsp3) is 0.214. The van der Waals surface area contributed by atoms with Crippen LogP contribution in [0.25, 0.3) is 6.08 Å². The summed E-state index contributed by atoms with van der Waals surface area (Å²) in [6.45, 7) is 0.960. The molecule has 3 aromatic rings. The lowest BCUT2D eigenvalue weighted by Crippen LogP contribution is -2.42. The fourth-order valence-corrected chi connectivity index (χ4v) is 5.40. The quantitative estimate of drug-likeness (QED) is 0.492. The van der Waals surface area contributed by atoms with Crippen molar-refractivity contribution in [3.05, 3.63) is 106 Å². The van der Waals surface area contributed by atoms with Crippen LogP contribution in [0.15, 0.2) is 83.8 Å². The van der Waals surface area contributed by atoms with Gasteiger partial charge in [0.1, 0.15) is 0 Å². The van der Waals surface area contributed by atoms with Crippen LogP contribution in [0.2, 0.25) is 0 Å². The van der Waals surface area contributed by atoms with E-state index in [0.29, 0.717) is 10.9 Å². The maximum absolute atomic E-state index is 11.9. The van der Waals surface area contributed by atoms with Crippen LogP contribution < -0.4 is 10.2 Å². The average molecular weight is 455 g/mol. The molecule has 166 valence electrons. The van der Waals surface area contributed by atoms with Gasteiger partial charge in [0.2, 0.25) is 0 Å². The van der Waals surface area contributed by atoms with Gasteiger partial charge < -0.3 is 4.90 Å². The molecule has 2 aliphatic rings. The molecule has 2 amide bonds. The molecule has 1 N–H and O–H groups in total. The van der Waals surface area contributed by atoms with E-state index >= 15 is 0 Å². The third-order valence-electron chi connectivity index (χ3n) is 6.34. The number of hydrogen-bond acceptors (Lipinski definition) is 4.